The molecule has 1 fully saturated rings. The Morgan fingerprint density at radius 3 is 2.30 bits per heavy atom. The number of aliphatic hydroxyl groups is 1. The normalized spacial score (nSPS) is 19.1. The van der Waals surface area contributed by atoms with Crippen LogP contribution >= 0.6 is 0 Å². The number of rotatable bonds is 3. The van der Waals surface area contributed by atoms with E-state index >= 15 is 0 Å². The fourth-order valence-electron chi connectivity index (χ4n) is 2.86. The average Bonchev–Trinajstić information content (AvgIpc) is 2.45. The van der Waals surface area contributed by atoms with E-state index in [1.807, 2.05) is 13.8 Å². The Morgan fingerprint density at radius 1 is 1.30 bits per heavy atom. The van der Waals surface area contributed by atoms with Gasteiger partial charge in [0.15, 0.2) is 0 Å². The van der Waals surface area contributed by atoms with E-state index in [1.54, 1.807) is 30.0 Å². The number of hydrogen-bond donors (Lipinski definition) is 1. The molecule has 1 aromatic rings. The van der Waals surface area contributed by atoms with Gasteiger partial charge in [0.05, 0.1) is 5.60 Å². The molecule has 1 aromatic carbocycles. The summed E-state index contributed by atoms with van der Waals surface area (Å²) in [6.07, 6.45) is 2.69. The fraction of sp³-hybridized carbons (Fsp3) is 0.471. The van der Waals surface area contributed by atoms with Gasteiger partial charge in [0.1, 0.15) is 0 Å². The molecule has 0 aromatic heterocycles. The van der Waals surface area contributed by atoms with Crippen LogP contribution in [0.1, 0.15) is 46.8 Å². The molecule has 0 saturated carbocycles. The minimum atomic E-state index is -2.24. The van der Waals surface area contributed by atoms with Crippen LogP contribution in [0.2, 0.25) is 0 Å². The highest BCUT2D eigenvalue weighted by molar-refractivity contribution is 7.82. The van der Waals surface area contributed by atoms with Gasteiger partial charge in [0.2, 0.25) is 0 Å². The van der Waals surface area contributed by atoms with Gasteiger partial charge < -0.3 is 14.6 Å². The smallest absolute Gasteiger partial charge is 0.253 e. The molecule has 126 valence electrons. The number of carbonyl (C=O) groups excluding carboxylic acids is 1. The highest BCUT2D eigenvalue weighted by Crippen LogP contribution is 2.24. The third kappa shape index (κ3) is 4.50. The van der Waals surface area contributed by atoms with Crippen molar-refractivity contribution < 1.29 is 18.7 Å². The molecule has 6 heteroatoms. The van der Waals surface area contributed by atoms with Gasteiger partial charge in [-0.1, -0.05) is 0 Å². The molecule has 2 rings (SSSR count). The Bertz CT molecular complexity index is 634. The van der Waals surface area contributed by atoms with Gasteiger partial charge in [0, 0.05) is 18.7 Å². The summed E-state index contributed by atoms with van der Waals surface area (Å²) in [5.41, 5.74) is 2.44. The molecule has 0 spiro atoms. The summed E-state index contributed by atoms with van der Waals surface area (Å²) in [6, 6.07) is 3.57. The van der Waals surface area contributed by atoms with Crippen molar-refractivity contribution in [3.63, 3.8) is 0 Å². The third-order valence-electron chi connectivity index (χ3n) is 4.31. The molecule has 1 unspecified atom stereocenters. The zero-order valence-electron chi connectivity index (χ0n) is 13.7. The minimum Gasteiger partial charge on any atom is -0.769 e. The van der Waals surface area contributed by atoms with Crippen molar-refractivity contribution in [2.24, 2.45) is 0 Å². The number of likely N-dealkylation sites (tertiary alicyclic amines) is 1. The van der Waals surface area contributed by atoms with Gasteiger partial charge in [-0.2, -0.15) is 0 Å². The SMILES string of the molecule is Cc1cc(C(=O)N2CCC(C)(O)CC2)cc(C)c1/C=C/S(=O)[O-]. The topological polar surface area (TPSA) is 80.7 Å². The Balaban J connectivity index is 2.21. The van der Waals surface area contributed by atoms with Crippen LogP contribution in [0.4, 0.5) is 0 Å². The summed E-state index contributed by atoms with van der Waals surface area (Å²) in [6.45, 7) is 6.60. The van der Waals surface area contributed by atoms with E-state index in [4.69, 9.17) is 0 Å². The second-order valence-electron chi connectivity index (χ2n) is 6.38. The average molecular weight is 336 g/mol. The molecular weight excluding hydrogens is 314 g/mol. The zero-order valence-corrected chi connectivity index (χ0v) is 14.5. The van der Waals surface area contributed by atoms with E-state index < -0.39 is 16.7 Å². The van der Waals surface area contributed by atoms with Crippen molar-refractivity contribution in [1.29, 1.82) is 0 Å². The maximum Gasteiger partial charge on any atom is 0.253 e. The molecule has 1 saturated heterocycles. The van der Waals surface area contributed by atoms with Crippen molar-refractivity contribution in [2.75, 3.05) is 13.1 Å². The van der Waals surface area contributed by atoms with Crippen molar-refractivity contribution in [3.05, 3.63) is 39.8 Å². The quantitative estimate of drug-likeness (QED) is 0.858. The molecule has 1 amide bonds. The van der Waals surface area contributed by atoms with Crippen LogP contribution in [0, 0.1) is 13.8 Å². The Morgan fingerprint density at radius 2 is 1.83 bits per heavy atom. The monoisotopic (exact) mass is 336 g/mol. The van der Waals surface area contributed by atoms with Crippen molar-refractivity contribution in [2.45, 2.75) is 39.2 Å². The van der Waals surface area contributed by atoms with Crippen LogP contribution in [-0.2, 0) is 11.1 Å². The van der Waals surface area contributed by atoms with E-state index in [2.05, 4.69) is 0 Å². The van der Waals surface area contributed by atoms with Crippen molar-refractivity contribution in [1.82, 2.24) is 4.90 Å². The van der Waals surface area contributed by atoms with Crippen LogP contribution in [0.15, 0.2) is 17.5 Å². The number of piperidine rings is 1. The maximum absolute atomic E-state index is 12.6. The summed E-state index contributed by atoms with van der Waals surface area (Å²) in [7, 11) is 0. The lowest BCUT2D eigenvalue weighted by Gasteiger charge is -2.36. The number of aryl methyl sites for hydroxylation is 2. The lowest BCUT2D eigenvalue weighted by molar-refractivity contribution is -0.00203. The number of hydrogen-bond acceptors (Lipinski definition) is 4. The number of amides is 1. The number of carbonyl (C=O) groups is 1. The van der Waals surface area contributed by atoms with Crippen LogP contribution in [-0.4, -0.2) is 43.4 Å². The summed E-state index contributed by atoms with van der Waals surface area (Å²) in [5.74, 6) is -0.0466. The Hall–Kier alpha value is -1.50. The third-order valence-corrected chi connectivity index (χ3v) is 4.67. The maximum atomic E-state index is 12.6. The van der Waals surface area contributed by atoms with Gasteiger partial charge in [-0.25, -0.2) is 0 Å². The van der Waals surface area contributed by atoms with Gasteiger partial charge in [-0.3, -0.25) is 9.00 Å². The molecule has 5 nitrogen and oxygen atoms in total. The second-order valence-corrected chi connectivity index (χ2v) is 7.17. The van der Waals surface area contributed by atoms with E-state index in [0.717, 1.165) is 22.1 Å². The van der Waals surface area contributed by atoms with Gasteiger partial charge in [-0.05, 0) is 85.0 Å². The Kier molecular flexibility index (Phi) is 5.39. The predicted octanol–water partition coefficient (Wildman–Crippen LogP) is 2.14. The molecule has 0 bridgehead atoms. The number of benzene rings is 1. The van der Waals surface area contributed by atoms with Crippen LogP contribution in [0.3, 0.4) is 0 Å². The van der Waals surface area contributed by atoms with Crippen molar-refractivity contribution in [3.8, 4) is 0 Å². The first kappa shape index (κ1) is 17.8. The molecule has 1 atom stereocenters. The highest BCUT2D eigenvalue weighted by Gasteiger charge is 2.30. The summed E-state index contributed by atoms with van der Waals surface area (Å²) in [4.78, 5) is 14.4. The standard InChI is InChI=1S/C17H23NO4S/c1-12-10-14(11-13(2)15(12)4-9-23(21)22)16(19)18-7-5-17(3,20)6-8-18/h4,9-11,20H,5-8H2,1-3H3,(H,21,22)/p-1/b9-4+. The predicted molar refractivity (Wildman–Crippen MR) is 89.6 cm³/mol. The van der Waals surface area contributed by atoms with E-state index in [-0.39, 0.29) is 5.91 Å². The molecule has 1 aliphatic rings. The molecule has 23 heavy (non-hydrogen) atoms. The van der Waals surface area contributed by atoms with Crippen LogP contribution < -0.4 is 0 Å². The zero-order chi connectivity index (χ0) is 17.2. The molecule has 1 N–H and O–H groups in total. The summed E-state index contributed by atoms with van der Waals surface area (Å²) >= 11 is -2.24. The highest BCUT2D eigenvalue weighted by atomic mass is 32.2. The molecule has 1 aliphatic heterocycles. The fourth-order valence-corrected chi connectivity index (χ4v) is 3.11. The van der Waals surface area contributed by atoms with Gasteiger partial charge in [-0.15, -0.1) is 0 Å². The lowest BCUT2D eigenvalue weighted by Crippen LogP contribution is -2.45. The van der Waals surface area contributed by atoms with Crippen LogP contribution in [0.25, 0.3) is 6.08 Å². The van der Waals surface area contributed by atoms with E-state index in [9.17, 15) is 18.7 Å². The largest absolute Gasteiger partial charge is 0.769 e. The summed E-state index contributed by atoms with van der Waals surface area (Å²) < 4.78 is 21.3. The Labute approximate surface area is 139 Å². The second kappa shape index (κ2) is 6.95. The van der Waals surface area contributed by atoms with Crippen LogP contribution in [0.5, 0.6) is 0 Å². The first-order valence-electron chi connectivity index (χ1n) is 7.59. The summed E-state index contributed by atoms with van der Waals surface area (Å²) in [5, 5.41) is 11.1. The van der Waals surface area contributed by atoms with E-state index in [1.165, 1.54) is 0 Å². The minimum absolute atomic E-state index is 0.0466. The van der Waals surface area contributed by atoms with Gasteiger partial charge >= 0.3 is 0 Å². The van der Waals surface area contributed by atoms with Crippen molar-refractivity contribution >= 4 is 23.1 Å². The molecular formula is C17H22NO4S-. The van der Waals surface area contributed by atoms with Gasteiger partial charge in [0.25, 0.3) is 5.91 Å². The molecule has 0 radical (unpaired) electrons. The number of nitrogens with zero attached hydrogens (tertiary/aromatic N) is 1. The molecule has 0 aliphatic carbocycles. The van der Waals surface area contributed by atoms with E-state index in [0.29, 0.717) is 31.5 Å². The first-order chi connectivity index (χ1) is 10.7. The lowest BCUT2D eigenvalue weighted by atomic mass is 9.93. The first-order valence-corrected chi connectivity index (χ1v) is 8.72. The molecule has 1 heterocycles.